The predicted octanol–water partition coefficient (Wildman–Crippen LogP) is 3.83. The lowest BCUT2D eigenvalue weighted by Crippen LogP contribution is -2.05. The fourth-order valence-electron chi connectivity index (χ4n) is 2.72. The number of carbonyl (C=O) groups excluding carboxylic acids is 1. The van der Waals surface area contributed by atoms with Crippen LogP contribution in [0.1, 0.15) is 34.0 Å². The summed E-state index contributed by atoms with van der Waals surface area (Å²) in [5.41, 5.74) is 7.46. The van der Waals surface area contributed by atoms with Gasteiger partial charge in [-0.1, -0.05) is 37.3 Å². The molecule has 1 aliphatic rings. The molecule has 0 saturated carbocycles. The second-order valence-corrected chi connectivity index (χ2v) is 4.88. The molecule has 90 valence electrons. The molecule has 0 spiro atoms. The van der Waals surface area contributed by atoms with Crippen molar-refractivity contribution < 1.29 is 4.79 Å². The standard InChI is InChI=1S/C17H16O/c1-2-12-3-5-14-7-8-15-6-4-13(11-18)10-17(15)16(14)9-12/h3-6,9-11H,2,7-8H2,1H3. The van der Waals surface area contributed by atoms with Crippen molar-refractivity contribution in [2.24, 2.45) is 0 Å². The molecule has 0 heterocycles. The first kappa shape index (κ1) is 11.2. The van der Waals surface area contributed by atoms with Crippen LogP contribution in [0.5, 0.6) is 0 Å². The molecule has 1 nitrogen and oxygen atoms in total. The first-order chi connectivity index (χ1) is 8.81. The van der Waals surface area contributed by atoms with Gasteiger partial charge in [0.2, 0.25) is 0 Å². The molecule has 0 bridgehead atoms. The zero-order chi connectivity index (χ0) is 12.5. The van der Waals surface area contributed by atoms with Gasteiger partial charge in [-0.3, -0.25) is 4.79 Å². The van der Waals surface area contributed by atoms with Crippen molar-refractivity contribution in [2.75, 3.05) is 0 Å². The predicted molar refractivity (Wildman–Crippen MR) is 74.1 cm³/mol. The molecule has 0 atom stereocenters. The van der Waals surface area contributed by atoms with Crippen LogP contribution >= 0.6 is 0 Å². The van der Waals surface area contributed by atoms with E-state index in [0.717, 1.165) is 31.1 Å². The highest BCUT2D eigenvalue weighted by Gasteiger charge is 2.16. The molecule has 3 rings (SSSR count). The summed E-state index contributed by atoms with van der Waals surface area (Å²) in [6.07, 6.45) is 4.16. The Bertz CT molecular complexity index is 611. The van der Waals surface area contributed by atoms with Gasteiger partial charge in [-0.25, -0.2) is 0 Å². The van der Waals surface area contributed by atoms with Crippen LogP contribution in [-0.4, -0.2) is 6.29 Å². The minimum Gasteiger partial charge on any atom is -0.298 e. The van der Waals surface area contributed by atoms with Gasteiger partial charge in [0.1, 0.15) is 6.29 Å². The monoisotopic (exact) mass is 236 g/mol. The van der Waals surface area contributed by atoms with Crippen molar-refractivity contribution >= 4 is 6.29 Å². The normalized spacial score (nSPS) is 12.7. The number of benzene rings is 2. The summed E-state index contributed by atoms with van der Waals surface area (Å²) in [5.74, 6) is 0. The van der Waals surface area contributed by atoms with E-state index in [1.54, 1.807) is 0 Å². The molecule has 0 fully saturated rings. The van der Waals surface area contributed by atoms with Crippen LogP contribution in [0.3, 0.4) is 0 Å². The highest BCUT2D eigenvalue weighted by atomic mass is 16.1. The number of carbonyl (C=O) groups is 1. The second-order valence-electron chi connectivity index (χ2n) is 4.88. The van der Waals surface area contributed by atoms with Gasteiger partial charge in [0.25, 0.3) is 0 Å². The Kier molecular flexibility index (Phi) is 2.75. The van der Waals surface area contributed by atoms with Crippen molar-refractivity contribution in [1.82, 2.24) is 0 Å². The van der Waals surface area contributed by atoms with E-state index in [0.29, 0.717) is 0 Å². The van der Waals surface area contributed by atoms with E-state index >= 15 is 0 Å². The fraction of sp³-hybridized carbons (Fsp3) is 0.235. The molecular weight excluding hydrogens is 220 g/mol. The van der Waals surface area contributed by atoms with Crippen molar-refractivity contribution in [3.63, 3.8) is 0 Å². The van der Waals surface area contributed by atoms with Crippen LogP contribution in [0.2, 0.25) is 0 Å². The molecule has 0 radical (unpaired) electrons. The first-order valence-electron chi connectivity index (χ1n) is 6.52. The Labute approximate surface area is 107 Å². The second kappa shape index (κ2) is 4.41. The summed E-state index contributed by atoms with van der Waals surface area (Å²) in [6, 6.07) is 12.8. The minimum absolute atomic E-state index is 0.767. The quantitative estimate of drug-likeness (QED) is 0.724. The van der Waals surface area contributed by atoms with Crippen molar-refractivity contribution in [2.45, 2.75) is 26.2 Å². The van der Waals surface area contributed by atoms with Gasteiger partial charge >= 0.3 is 0 Å². The summed E-state index contributed by atoms with van der Waals surface area (Å²) in [6.45, 7) is 2.17. The van der Waals surface area contributed by atoms with Crippen molar-refractivity contribution in [1.29, 1.82) is 0 Å². The summed E-state index contributed by atoms with van der Waals surface area (Å²) in [4.78, 5) is 10.9. The van der Waals surface area contributed by atoms with E-state index in [-0.39, 0.29) is 0 Å². The third kappa shape index (κ3) is 1.76. The van der Waals surface area contributed by atoms with Gasteiger partial charge < -0.3 is 0 Å². The number of hydrogen-bond acceptors (Lipinski definition) is 1. The summed E-state index contributed by atoms with van der Waals surface area (Å²) in [5, 5.41) is 0. The van der Waals surface area contributed by atoms with Gasteiger partial charge in [-0.15, -0.1) is 0 Å². The maximum Gasteiger partial charge on any atom is 0.150 e. The number of aldehydes is 1. The largest absolute Gasteiger partial charge is 0.298 e. The van der Waals surface area contributed by atoms with Gasteiger partial charge in [-0.2, -0.15) is 0 Å². The van der Waals surface area contributed by atoms with Gasteiger partial charge in [0.05, 0.1) is 0 Å². The third-order valence-corrected chi connectivity index (χ3v) is 3.81. The molecule has 0 saturated heterocycles. The van der Waals surface area contributed by atoms with Crippen molar-refractivity contribution in [3.8, 4) is 11.1 Å². The molecule has 0 aliphatic heterocycles. The molecule has 0 unspecified atom stereocenters. The van der Waals surface area contributed by atoms with Gasteiger partial charge in [0.15, 0.2) is 0 Å². The average molecular weight is 236 g/mol. The maximum atomic E-state index is 10.9. The Balaban J connectivity index is 2.21. The lowest BCUT2D eigenvalue weighted by molar-refractivity contribution is 0.112. The zero-order valence-corrected chi connectivity index (χ0v) is 10.6. The number of aryl methyl sites for hydroxylation is 3. The molecule has 18 heavy (non-hydrogen) atoms. The number of hydrogen-bond donors (Lipinski definition) is 0. The molecular formula is C17H16O. The maximum absolute atomic E-state index is 10.9. The zero-order valence-electron chi connectivity index (χ0n) is 10.6. The molecule has 1 heteroatoms. The van der Waals surface area contributed by atoms with Crippen LogP contribution in [0.25, 0.3) is 11.1 Å². The molecule has 0 N–H and O–H groups in total. The van der Waals surface area contributed by atoms with E-state index < -0.39 is 0 Å². The number of rotatable bonds is 2. The van der Waals surface area contributed by atoms with Crippen LogP contribution in [0.4, 0.5) is 0 Å². The highest BCUT2D eigenvalue weighted by molar-refractivity contribution is 5.82. The Hall–Kier alpha value is -1.89. The fourth-order valence-corrected chi connectivity index (χ4v) is 2.72. The molecule has 2 aromatic carbocycles. The van der Waals surface area contributed by atoms with E-state index in [4.69, 9.17) is 0 Å². The van der Waals surface area contributed by atoms with Crippen LogP contribution in [0.15, 0.2) is 36.4 Å². The van der Waals surface area contributed by atoms with Crippen molar-refractivity contribution in [3.05, 3.63) is 58.7 Å². The van der Waals surface area contributed by atoms with E-state index in [9.17, 15) is 4.79 Å². The highest BCUT2D eigenvalue weighted by Crippen LogP contribution is 2.34. The Morgan fingerprint density at radius 3 is 2.33 bits per heavy atom. The minimum atomic E-state index is 0.767. The smallest absolute Gasteiger partial charge is 0.150 e. The van der Waals surface area contributed by atoms with Crippen LogP contribution in [-0.2, 0) is 19.3 Å². The molecule has 0 aromatic heterocycles. The Morgan fingerprint density at radius 2 is 1.67 bits per heavy atom. The van der Waals surface area contributed by atoms with Crippen LogP contribution in [0, 0.1) is 0 Å². The van der Waals surface area contributed by atoms with Gasteiger partial charge in [0, 0.05) is 5.56 Å². The number of fused-ring (bicyclic) bond motifs is 3. The molecule has 2 aromatic rings. The summed E-state index contributed by atoms with van der Waals surface area (Å²) < 4.78 is 0. The third-order valence-electron chi connectivity index (χ3n) is 3.81. The first-order valence-corrected chi connectivity index (χ1v) is 6.52. The summed E-state index contributed by atoms with van der Waals surface area (Å²) >= 11 is 0. The lowest BCUT2D eigenvalue weighted by atomic mass is 9.84. The Morgan fingerprint density at radius 1 is 1.00 bits per heavy atom. The van der Waals surface area contributed by atoms with E-state index in [1.165, 1.54) is 27.8 Å². The van der Waals surface area contributed by atoms with E-state index in [2.05, 4.69) is 31.2 Å². The summed E-state index contributed by atoms with van der Waals surface area (Å²) in [7, 11) is 0. The average Bonchev–Trinajstić information content (AvgIpc) is 2.45. The van der Waals surface area contributed by atoms with Gasteiger partial charge in [-0.05, 0) is 53.1 Å². The SMILES string of the molecule is CCc1ccc2c(c1)-c1cc(C=O)ccc1CC2. The lowest BCUT2D eigenvalue weighted by Gasteiger charge is -2.21. The molecule has 0 amide bonds. The van der Waals surface area contributed by atoms with E-state index in [1.807, 2.05) is 12.1 Å². The van der Waals surface area contributed by atoms with Crippen LogP contribution < -0.4 is 0 Å². The topological polar surface area (TPSA) is 17.1 Å². The molecule has 1 aliphatic carbocycles.